The van der Waals surface area contributed by atoms with Crippen LogP contribution in [0, 0.1) is 5.92 Å². The van der Waals surface area contributed by atoms with Crippen molar-refractivity contribution in [3.8, 4) is 0 Å². The number of hydrogen-bond acceptors (Lipinski definition) is 1. The lowest BCUT2D eigenvalue weighted by Gasteiger charge is -2.24. The van der Waals surface area contributed by atoms with Crippen LogP contribution in [0.5, 0.6) is 0 Å². The molecule has 0 aliphatic heterocycles. The number of hydrogen-bond donors (Lipinski definition) is 1. The van der Waals surface area contributed by atoms with Gasteiger partial charge in [0.1, 0.15) is 0 Å². The van der Waals surface area contributed by atoms with Crippen LogP contribution < -0.4 is 5.32 Å². The molecule has 1 aromatic rings. The summed E-state index contributed by atoms with van der Waals surface area (Å²) in [7, 11) is 0. The zero-order valence-electron chi connectivity index (χ0n) is 12.7. The molecule has 108 valence electrons. The van der Waals surface area contributed by atoms with Crippen molar-refractivity contribution in [2.45, 2.75) is 58.9 Å². The second kappa shape index (κ2) is 8.60. The van der Waals surface area contributed by atoms with E-state index in [9.17, 15) is 0 Å². The van der Waals surface area contributed by atoms with E-state index < -0.39 is 0 Å². The predicted molar refractivity (Wildman–Crippen MR) is 86.0 cm³/mol. The Morgan fingerprint density at radius 2 is 1.84 bits per heavy atom. The van der Waals surface area contributed by atoms with Gasteiger partial charge in [-0.15, -0.1) is 0 Å². The van der Waals surface area contributed by atoms with Gasteiger partial charge in [-0.3, -0.25) is 0 Å². The highest BCUT2D eigenvalue weighted by atomic mass is 35.5. The smallest absolute Gasteiger partial charge is 0.0441 e. The minimum absolute atomic E-state index is 0.512. The zero-order chi connectivity index (χ0) is 14.3. The summed E-state index contributed by atoms with van der Waals surface area (Å²) in [5, 5.41) is 4.46. The summed E-state index contributed by atoms with van der Waals surface area (Å²) in [4.78, 5) is 0. The van der Waals surface area contributed by atoms with E-state index in [4.69, 9.17) is 11.6 Å². The van der Waals surface area contributed by atoms with E-state index in [1.807, 2.05) is 12.1 Å². The number of rotatable bonds is 8. The van der Waals surface area contributed by atoms with Gasteiger partial charge in [0.05, 0.1) is 0 Å². The lowest BCUT2D eigenvalue weighted by atomic mass is 9.87. The van der Waals surface area contributed by atoms with Gasteiger partial charge in [0.15, 0.2) is 0 Å². The van der Waals surface area contributed by atoms with Gasteiger partial charge in [-0.2, -0.15) is 0 Å². The Morgan fingerprint density at radius 1 is 1.16 bits per heavy atom. The molecule has 0 fully saturated rings. The van der Waals surface area contributed by atoms with Crippen molar-refractivity contribution in [2.75, 3.05) is 6.54 Å². The molecule has 1 nitrogen and oxygen atoms in total. The van der Waals surface area contributed by atoms with E-state index in [0.29, 0.717) is 12.0 Å². The molecule has 0 spiro atoms. The van der Waals surface area contributed by atoms with Gasteiger partial charge in [0.25, 0.3) is 0 Å². The molecule has 1 N–H and O–H groups in total. The van der Waals surface area contributed by atoms with Gasteiger partial charge in [-0.25, -0.2) is 0 Å². The van der Waals surface area contributed by atoms with Gasteiger partial charge < -0.3 is 5.32 Å². The molecule has 19 heavy (non-hydrogen) atoms. The highest BCUT2D eigenvalue weighted by Gasteiger charge is 2.17. The number of halogens is 1. The van der Waals surface area contributed by atoms with Crippen LogP contribution in [0.4, 0.5) is 0 Å². The maximum absolute atomic E-state index is 6.37. The predicted octanol–water partition coefficient (Wildman–Crippen LogP) is 5.25. The van der Waals surface area contributed by atoms with Gasteiger partial charge in [0, 0.05) is 17.6 Å². The van der Waals surface area contributed by atoms with Gasteiger partial charge in [0.2, 0.25) is 0 Å². The van der Waals surface area contributed by atoms with Crippen LogP contribution in [0.1, 0.15) is 58.4 Å². The van der Waals surface area contributed by atoms with Crippen molar-refractivity contribution in [1.82, 2.24) is 5.32 Å². The van der Waals surface area contributed by atoms with Crippen molar-refractivity contribution >= 4 is 11.6 Å². The number of nitrogens with one attached hydrogen (secondary N) is 1. The second-order valence-electron chi connectivity index (χ2n) is 5.91. The van der Waals surface area contributed by atoms with Gasteiger partial charge >= 0.3 is 0 Å². The van der Waals surface area contributed by atoms with Gasteiger partial charge in [-0.05, 0) is 29.9 Å². The Labute approximate surface area is 123 Å². The molecule has 2 heteroatoms. The summed E-state index contributed by atoms with van der Waals surface area (Å²) in [6.07, 6.45) is 3.76. The molecule has 0 radical (unpaired) electrons. The average Bonchev–Trinajstić information content (AvgIpc) is 2.35. The van der Waals surface area contributed by atoms with Crippen molar-refractivity contribution in [3.05, 3.63) is 34.9 Å². The third-order valence-electron chi connectivity index (χ3n) is 3.59. The molecule has 0 aliphatic carbocycles. The van der Waals surface area contributed by atoms with E-state index in [0.717, 1.165) is 17.5 Å². The van der Waals surface area contributed by atoms with E-state index in [2.05, 4.69) is 45.1 Å². The summed E-state index contributed by atoms with van der Waals surface area (Å²) in [6, 6.07) is 8.80. The van der Waals surface area contributed by atoms with Crippen LogP contribution in [0.15, 0.2) is 24.3 Å². The SMILES string of the molecule is CCCC(C)CC(CNC(C)C)c1ccccc1Cl. The summed E-state index contributed by atoms with van der Waals surface area (Å²) < 4.78 is 0. The molecule has 1 aromatic carbocycles. The topological polar surface area (TPSA) is 12.0 Å². The van der Waals surface area contributed by atoms with Crippen molar-refractivity contribution in [2.24, 2.45) is 5.92 Å². The second-order valence-corrected chi connectivity index (χ2v) is 6.32. The first-order chi connectivity index (χ1) is 9.04. The molecule has 2 unspecified atom stereocenters. The molecule has 2 atom stereocenters. The Kier molecular flexibility index (Phi) is 7.48. The van der Waals surface area contributed by atoms with E-state index >= 15 is 0 Å². The Hall–Kier alpha value is -0.530. The van der Waals surface area contributed by atoms with Crippen LogP contribution in [0.25, 0.3) is 0 Å². The highest BCUT2D eigenvalue weighted by molar-refractivity contribution is 6.31. The van der Waals surface area contributed by atoms with Crippen LogP contribution in [-0.2, 0) is 0 Å². The molecule has 0 saturated heterocycles. The molecule has 0 bridgehead atoms. The van der Waals surface area contributed by atoms with Crippen LogP contribution in [0.3, 0.4) is 0 Å². The summed E-state index contributed by atoms with van der Waals surface area (Å²) in [5.41, 5.74) is 1.29. The third kappa shape index (κ3) is 5.97. The largest absolute Gasteiger partial charge is 0.314 e. The molecule has 1 rings (SSSR count). The standard InChI is InChI=1S/C17H28ClN/c1-5-8-14(4)11-15(12-19-13(2)3)16-9-6-7-10-17(16)18/h6-7,9-10,13-15,19H,5,8,11-12H2,1-4H3. The highest BCUT2D eigenvalue weighted by Crippen LogP contribution is 2.30. The Balaban J connectivity index is 2.76. The fourth-order valence-corrected chi connectivity index (χ4v) is 2.89. The zero-order valence-corrected chi connectivity index (χ0v) is 13.5. The first kappa shape index (κ1) is 16.5. The lowest BCUT2D eigenvalue weighted by molar-refractivity contribution is 0.410. The fraction of sp³-hybridized carbons (Fsp3) is 0.647. The van der Waals surface area contributed by atoms with Gasteiger partial charge in [-0.1, -0.05) is 70.3 Å². The molecular weight excluding hydrogens is 254 g/mol. The molecule has 0 heterocycles. The maximum Gasteiger partial charge on any atom is 0.0441 e. The maximum atomic E-state index is 6.37. The Morgan fingerprint density at radius 3 is 2.42 bits per heavy atom. The first-order valence-corrected chi connectivity index (χ1v) is 7.90. The summed E-state index contributed by atoms with van der Waals surface area (Å²) in [6.45, 7) is 10.0. The van der Waals surface area contributed by atoms with Crippen molar-refractivity contribution in [3.63, 3.8) is 0 Å². The van der Waals surface area contributed by atoms with Crippen molar-refractivity contribution < 1.29 is 0 Å². The normalized spacial score (nSPS) is 14.6. The number of benzene rings is 1. The monoisotopic (exact) mass is 281 g/mol. The lowest BCUT2D eigenvalue weighted by Crippen LogP contribution is -2.29. The first-order valence-electron chi connectivity index (χ1n) is 7.52. The van der Waals surface area contributed by atoms with E-state index in [1.54, 1.807) is 0 Å². The summed E-state index contributed by atoms with van der Waals surface area (Å²) in [5.74, 6) is 1.26. The fourth-order valence-electron chi connectivity index (χ4n) is 2.60. The van der Waals surface area contributed by atoms with Crippen LogP contribution in [-0.4, -0.2) is 12.6 Å². The molecular formula is C17H28ClN. The van der Waals surface area contributed by atoms with E-state index in [-0.39, 0.29) is 0 Å². The molecule has 0 saturated carbocycles. The Bertz CT molecular complexity index is 362. The molecule has 0 aliphatic rings. The minimum Gasteiger partial charge on any atom is -0.314 e. The molecule has 0 amide bonds. The van der Waals surface area contributed by atoms with E-state index in [1.165, 1.54) is 24.8 Å². The van der Waals surface area contributed by atoms with Crippen molar-refractivity contribution in [1.29, 1.82) is 0 Å². The minimum atomic E-state index is 0.512. The summed E-state index contributed by atoms with van der Waals surface area (Å²) >= 11 is 6.37. The van der Waals surface area contributed by atoms with Crippen LogP contribution in [0.2, 0.25) is 5.02 Å². The average molecular weight is 282 g/mol. The quantitative estimate of drug-likeness (QED) is 0.686. The molecule has 0 aromatic heterocycles. The van der Waals surface area contributed by atoms with Crippen LogP contribution >= 0.6 is 11.6 Å². The third-order valence-corrected chi connectivity index (χ3v) is 3.93.